The first-order chi connectivity index (χ1) is 10.2. The summed E-state index contributed by atoms with van der Waals surface area (Å²) in [5.74, 6) is 0.799. The van der Waals surface area contributed by atoms with E-state index in [2.05, 4.69) is 43.4 Å². The molecular formula is C18H26N2O. The summed E-state index contributed by atoms with van der Waals surface area (Å²) < 4.78 is 0. The molecule has 2 aliphatic rings. The van der Waals surface area contributed by atoms with Crippen molar-refractivity contribution in [3.63, 3.8) is 0 Å². The normalized spacial score (nSPS) is 31.1. The van der Waals surface area contributed by atoms with Crippen LogP contribution in [0.15, 0.2) is 30.3 Å². The van der Waals surface area contributed by atoms with E-state index in [0.29, 0.717) is 17.9 Å². The van der Waals surface area contributed by atoms with Crippen molar-refractivity contribution in [1.29, 1.82) is 0 Å². The van der Waals surface area contributed by atoms with Crippen LogP contribution < -0.4 is 5.32 Å². The van der Waals surface area contributed by atoms with Gasteiger partial charge >= 0.3 is 0 Å². The van der Waals surface area contributed by atoms with Crippen LogP contribution >= 0.6 is 0 Å². The first-order valence-corrected chi connectivity index (χ1v) is 8.32. The molecule has 21 heavy (non-hydrogen) atoms. The summed E-state index contributed by atoms with van der Waals surface area (Å²) in [5, 5.41) is 3.60. The molecule has 3 atom stereocenters. The van der Waals surface area contributed by atoms with Gasteiger partial charge in [-0.15, -0.1) is 0 Å². The van der Waals surface area contributed by atoms with Crippen molar-refractivity contribution in [1.82, 2.24) is 10.2 Å². The number of amides is 1. The average molecular weight is 286 g/mol. The van der Waals surface area contributed by atoms with Gasteiger partial charge in [0.25, 0.3) is 0 Å². The number of carbonyl (C=O) groups excluding carboxylic acids is 1. The monoisotopic (exact) mass is 286 g/mol. The SMILES string of the molecule is CCN(CC)C(=O)[C@@]1(c2ccccc2)C[C@H]1[C@@H]1CCCN1. The van der Waals surface area contributed by atoms with Gasteiger partial charge in [-0.25, -0.2) is 0 Å². The maximum atomic E-state index is 13.2. The van der Waals surface area contributed by atoms with Crippen LogP contribution in [0.1, 0.15) is 38.7 Å². The van der Waals surface area contributed by atoms with Crippen LogP contribution in [0.3, 0.4) is 0 Å². The Morgan fingerprint density at radius 1 is 1.29 bits per heavy atom. The second-order valence-corrected chi connectivity index (χ2v) is 6.33. The van der Waals surface area contributed by atoms with Crippen molar-refractivity contribution in [3.8, 4) is 0 Å². The minimum atomic E-state index is -0.269. The van der Waals surface area contributed by atoms with Crippen molar-refractivity contribution in [2.45, 2.75) is 44.6 Å². The lowest BCUT2D eigenvalue weighted by Gasteiger charge is -2.27. The third kappa shape index (κ3) is 2.38. The molecule has 2 fully saturated rings. The fraction of sp³-hybridized carbons (Fsp3) is 0.611. The van der Waals surface area contributed by atoms with Gasteiger partial charge in [-0.05, 0) is 51.1 Å². The molecule has 0 spiro atoms. The van der Waals surface area contributed by atoms with E-state index in [9.17, 15) is 4.79 Å². The van der Waals surface area contributed by atoms with E-state index in [4.69, 9.17) is 0 Å². The summed E-state index contributed by atoms with van der Waals surface area (Å²) in [6.45, 7) is 6.85. The topological polar surface area (TPSA) is 32.3 Å². The fourth-order valence-corrected chi connectivity index (χ4v) is 4.06. The van der Waals surface area contributed by atoms with Crippen LogP contribution in [0, 0.1) is 5.92 Å². The molecule has 0 aromatic heterocycles. The molecule has 1 saturated heterocycles. The molecule has 1 saturated carbocycles. The molecule has 1 aromatic rings. The van der Waals surface area contributed by atoms with E-state index < -0.39 is 0 Å². The molecule has 1 aliphatic heterocycles. The van der Waals surface area contributed by atoms with Gasteiger partial charge in [0.05, 0.1) is 5.41 Å². The summed E-state index contributed by atoms with van der Waals surface area (Å²) >= 11 is 0. The molecule has 3 heteroatoms. The quantitative estimate of drug-likeness (QED) is 0.902. The van der Waals surface area contributed by atoms with Crippen LogP contribution in [0.25, 0.3) is 0 Å². The molecule has 0 radical (unpaired) electrons. The maximum Gasteiger partial charge on any atom is 0.233 e. The Bertz CT molecular complexity index is 491. The van der Waals surface area contributed by atoms with E-state index in [1.54, 1.807) is 0 Å². The van der Waals surface area contributed by atoms with Crippen LogP contribution in [-0.2, 0) is 10.2 Å². The number of nitrogens with one attached hydrogen (secondary N) is 1. The van der Waals surface area contributed by atoms with Crippen LogP contribution in [-0.4, -0.2) is 36.5 Å². The third-order valence-electron chi connectivity index (χ3n) is 5.32. The number of rotatable bonds is 5. The van der Waals surface area contributed by atoms with E-state index in [-0.39, 0.29) is 5.41 Å². The highest BCUT2D eigenvalue weighted by Gasteiger charge is 2.64. The highest BCUT2D eigenvalue weighted by molar-refractivity contribution is 5.92. The predicted octanol–water partition coefficient (Wildman–Crippen LogP) is 2.56. The summed E-state index contributed by atoms with van der Waals surface area (Å²) in [4.78, 5) is 15.2. The Morgan fingerprint density at radius 3 is 2.57 bits per heavy atom. The summed E-state index contributed by atoms with van der Waals surface area (Å²) in [6.07, 6.45) is 3.46. The van der Waals surface area contributed by atoms with Crippen molar-refractivity contribution in [3.05, 3.63) is 35.9 Å². The van der Waals surface area contributed by atoms with Gasteiger partial charge in [0.15, 0.2) is 0 Å². The number of hydrogen-bond acceptors (Lipinski definition) is 2. The number of carbonyl (C=O) groups is 1. The van der Waals surface area contributed by atoms with Crippen molar-refractivity contribution in [2.75, 3.05) is 19.6 Å². The number of nitrogens with zero attached hydrogens (tertiary/aromatic N) is 1. The Labute approximate surface area is 127 Å². The van der Waals surface area contributed by atoms with E-state index in [0.717, 1.165) is 26.1 Å². The molecule has 1 aliphatic carbocycles. The summed E-state index contributed by atoms with van der Waals surface area (Å²) in [5.41, 5.74) is 0.940. The zero-order chi connectivity index (χ0) is 14.9. The Balaban J connectivity index is 1.91. The minimum absolute atomic E-state index is 0.269. The number of likely N-dealkylation sites (N-methyl/N-ethyl adjacent to an activating group) is 1. The first kappa shape index (κ1) is 14.6. The maximum absolute atomic E-state index is 13.2. The van der Waals surface area contributed by atoms with Gasteiger partial charge in [0.2, 0.25) is 5.91 Å². The molecule has 1 N–H and O–H groups in total. The fourth-order valence-electron chi connectivity index (χ4n) is 4.06. The van der Waals surface area contributed by atoms with Gasteiger partial charge in [-0.1, -0.05) is 30.3 Å². The summed E-state index contributed by atoms with van der Waals surface area (Å²) in [6, 6.07) is 10.9. The molecule has 3 nitrogen and oxygen atoms in total. The molecule has 1 aromatic carbocycles. The predicted molar refractivity (Wildman–Crippen MR) is 85.2 cm³/mol. The van der Waals surface area contributed by atoms with E-state index in [1.165, 1.54) is 18.4 Å². The van der Waals surface area contributed by atoms with Crippen molar-refractivity contribution < 1.29 is 4.79 Å². The molecule has 114 valence electrons. The van der Waals surface area contributed by atoms with Gasteiger partial charge in [-0.3, -0.25) is 4.79 Å². The zero-order valence-corrected chi connectivity index (χ0v) is 13.1. The zero-order valence-electron chi connectivity index (χ0n) is 13.1. The van der Waals surface area contributed by atoms with Gasteiger partial charge in [0.1, 0.15) is 0 Å². The van der Waals surface area contributed by atoms with Crippen LogP contribution in [0.4, 0.5) is 0 Å². The standard InChI is InChI=1S/C18H26N2O/c1-3-20(4-2)17(21)18(14-9-6-5-7-10-14)13-15(18)16-11-8-12-19-16/h5-7,9-10,15-16,19H,3-4,8,11-13H2,1-2H3/t15-,16-,18+/m0/s1. The van der Waals surface area contributed by atoms with E-state index in [1.807, 2.05) is 11.0 Å². The molecule has 1 heterocycles. The van der Waals surface area contributed by atoms with Crippen molar-refractivity contribution >= 4 is 5.91 Å². The second kappa shape index (κ2) is 5.80. The second-order valence-electron chi connectivity index (χ2n) is 6.33. The minimum Gasteiger partial charge on any atom is -0.342 e. The lowest BCUT2D eigenvalue weighted by molar-refractivity contribution is -0.134. The third-order valence-corrected chi connectivity index (χ3v) is 5.32. The van der Waals surface area contributed by atoms with Gasteiger partial charge in [0, 0.05) is 19.1 Å². The lowest BCUT2D eigenvalue weighted by Crippen LogP contribution is -2.42. The molecule has 0 bridgehead atoms. The Morgan fingerprint density at radius 2 is 2.00 bits per heavy atom. The van der Waals surface area contributed by atoms with Gasteiger partial charge < -0.3 is 10.2 Å². The molecular weight excluding hydrogens is 260 g/mol. The summed E-state index contributed by atoms with van der Waals surface area (Å²) in [7, 11) is 0. The van der Waals surface area contributed by atoms with Crippen LogP contribution in [0.5, 0.6) is 0 Å². The lowest BCUT2D eigenvalue weighted by atomic mass is 9.89. The Kier molecular flexibility index (Phi) is 4.03. The van der Waals surface area contributed by atoms with Crippen LogP contribution in [0.2, 0.25) is 0 Å². The first-order valence-electron chi connectivity index (χ1n) is 8.32. The molecule has 0 unspecified atom stereocenters. The Hall–Kier alpha value is -1.35. The largest absolute Gasteiger partial charge is 0.342 e. The average Bonchev–Trinajstić information content (AvgIpc) is 3.06. The molecule has 1 amide bonds. The molecule has 3 rings (SSSR count). The number of benzene rings is 1. The highest BCUT2D eigenvalue weighted by Crippen LogP contribution is 2.58. The highest BCUT2D eigenvalue weighted by atomic mass is 16.2. The van der Waals surface area contributed by atoms with Gasteiger partial charge in [-0.2, -0.15) is 0 Å². The number of hydrogen-bond donors (Lipinski definition) is 1. The smallest absolute Gasteiger partial charge is 0.233 e. The van der Waals surface area contributed by atoms with E-state index >= 15 is 0 Å². The van der Waals surface area contributed by atoms with Crippen molar-refractivity contribution in [2.24, 2.45) is 5.92 Å².